The van der Waals surface area contributed by atoms with E-state index in [9.17, 15) is 4.21 Å². The maximum atomic E-state index is 9.49. The monoisotopic (exact) mass is 134 g/mol. The summed E-state index contributed by atoms with van der Waals surface area (Å²) >= 11 is -2.07. The summed E-state index contributed by atoms with van der Waals surface area (Å²) in [6.07, 6.45) is 0. The second kappa shape index (κ2) is 7.07. The molecule has 0 radical (unpaired) electrons. The molecule has 0 rings (SSSR count). The molecule has 0 saturated carbocycles. The molecule has 0 bridgehead atoms. The van der Waals surface area contributed by atoms with Crippen LogP contribution < -0.4 is 29.6 Å². The zero-order chi connectivity index (χ0) is 4.99. The van der Waals surface area contributed by atoms with Gasteiger partial charge in [-0.15, -0.1) is 0 Å². The van der Waals surface area contributed by atoms with Crippen molar-refractivity contribution in [2.45, 2.75) is 6.92 Å². The SMILES string of the molecule is CCOS(=O)O.[H-].[Na+]. The average Bonchev–Trinajstić information content (AvgIpc) is 1.35. The van der Waals surface area contributed by atoms with Crippen molar-refractivity contribution in [1.29, 1.82) is 0 Å². The third kappa shape index (κ3) is 11.0. The van der Waals surface area contributed by atoms with E-state index in [-0.39, 0.29) is 37.6 Å². The minimum atomic E-state index is -2.07. The quantitative estimate of drug-likeness (QED) is 0.329. The molecule has 0 spiro atoms. The maximum Gasteiger partial charge on any atom is 1.00 e. The van der Waals surface area contributed by atoms with Gasteiger partial charge in [0.05, 0.1) is 6.61 Å². The fourth-order valence-electron chi connectivity index (χ4n) is 0.101. The number of hydrogen-bond acceptors (Lipinski definition) is 2. The molecule has 1 atom stereocenters. The zero-order valence-corrected chi connectivity index (χ0v) is 7.20. The van der Waals surface area contributed by atoms with Crippen molar-refractivity contribution in [1.82, 2.24) is 0 Å². The molecule has 0 saturated heterocycles. The van der Waals surface area contributed by atoms with Crippen LogP contribution in [0.25, 0.3) is 0 Å². The molecule has 0 aromatic rings. The van der Waals surface area contributed by atoms with E-state index in [1.807, 2.05) is 0 Å². The molecule has 3 nitrogen and oxygen atoms in total. The van der Waals surface area contributed by atoms with E-state index in [1.54, 1.807) is 6.92 Å². The molecule has 0 aliphatic carbocycles. The van der Waals surface area contributed by atoms with Crippen LogP contribution >= 0.6 is 0 Å². The van der Waals surface area contributed by atoms with Gasteiger partial charge in [-0.05, 0) is 6.92 Å². The van der Waals surface area contributed by atoms with Crippen LogP contribution in [-0.2, 0) is 15.5 Å². The van der Waals surface area contributed by atoms with Gasteiger partial charge in [0.25, 0.3) is 0 Å². The summed E-state index contributed by atoms with van der Waals surface area (Å²) < 4.78 is 21.4. The Labute approximate surface area is 68.7 Å². The van der Waals surface area contributed by atoms with E-state index in [0.29, 0.717) is 0 Å². The summed E-state index contributed by atoms with van der Waals surface area (Å²) in [4.78, 5) is 0. The zero-order valence-electron chi connectivity index (χ0n) is 5.38. The van der Waals surface area contributed by atoms with Crippen LogP contribution in [0.5, 0.6) is 0 Å². The van der Waals surface area contributed by atoms with E-state index in [4.69, 9.17) is 4.55 Å². The van der Waals surface area contributed by atoms with Crippen molar-refractivity contribution < 1.29 is 43.9 Å². The summed E-state index contributed by atoms with van der Waals surface area (Å²) in [6, 6.07) is 0. The Kier molecular flexibility index (Phi) is 11.1. The van der Waals surface area contributed by atoms with Crippen LogP contribution in [0.3, 0.4) is 0 Å². The first-order chi connectivity index (χ1) is 2.77. The molecule has 0 amide bonds. The number of rotatable bonds is 2. The molecule has 1 N–H and O–H groups in total. The normalized spacial score (nSPS) is 12.3. The van der Waals surface area contributed by atoms with Crippen molar-refractivity contribution in [3.05, 3.63) is 0 Å². The fraction of sp³-hybridized carbons (Fsp3) is 1.00. The van der Waals surface area contributed by atoms with Crippen molar-refractivity contribution in [3.8, 4) is 0 Å². The largest absolute Gasteiger partial charge is 1.00 e. The molecule has 5 heteroatoms. The van der Waals surface area contributed by atoms with Gasteiger partial charge in [-0.25, -0.2) is 0 Å². The summed E-state index contributed by atoms with van der Waals surface area (Å²) in [5, 5.41) is 0. The predicted octanol–water partition coefficient (Wildman–Crippen LogP) is -2.72. The van der Waals surface area contributed by atoms with Gasteiger partial charge in [0.2, 0.25) is 0 Å². The Morgan fingerprint density at radius 2 is 2.43 bits per heavy atom. The topological polar surface area (TPSA) is 46.5 Å². The van der Waals surface area contributed by atoms with Gasteiger partial charge in [0.1, 0.15) is 0 Å². The van der Waals surface area contributed by atoms with Crippen LogP contribution in [0.2, 0.25) is 0 Å². The minimum Gasteiger partial charge on any atom is -1.00 e. The third-order valence-electron chi connectivity index (χ3n) is 0.219. The third-order valence-corrected chi connectivity index (χ3v) is 0.656. The first-order valence-corrected chi connectivity index (χ1v) is 2.54. The van der Waals surface area contributed by atoms with E-state index in [2.05, 4.69) is 4.18 Å². The van der Waals surface area contributed by atoms with Crippen LogP contribution in [0.4, 0.5) is 0 Å². The molecule has 0 fully saturated rings. The van der Waals surface area contributed by atoms with E-state index in [0.717, 1.165) is 0 Å². The van der Waals surface area contributed by atoms with Gasteiger partial charge in [0.15, 0.2) is 0 Å². The Morgan fingerprint density at radius 1 is 2.00 bits per heavy atom. The van der Waals surface area contributed by atoms with Crippen LogP contribution in [0, 0.1) is 0 Å². The first kappa shape index (κ1) is 10.9. The maximum absolute atomic E-state index is 9.49. The summed E-state index contributed by atoms with van der Waals surface area (Å²) in [6.45, 7) is 1.93. The predicted molar refractivity (Wildman–Crippen MR) is 23.5 cm³/mol. The molecule has 0 aliphatic heterocycles. The Morgan fingerprint density at radius 3 is 2.43 bits per heavy atom. The van der Waals surface area contributed by atoms with Crippen LogP contribution in [-0.4, -0.2) is 15.4 Å². The Balaban J connectivity index is -0.000000125. The molecule has 0 heterocycles. The molecule has 40 valence electrons. The second-order valence-corrected chi connectivity index (χ2v) is 1.29. The molecule has 0 aromatic heterocycles. The average molecular weight is 134 g/mol. The van der Waals surface area contributed by atoms with Gasteiger partial charge < -0.3 is 1.43 Å². The van der Waals surface area contributed by atoms with Gasteiger partial charge >= 0.3 is 40.9 Å². The van der Waals surface area contributed by atoms with Crippen LogP contribution in [0.1, 0.15) is 8.35 Å². The summed E-state index contributed by atoms with van der Waals surface area (Å²) in [5.74, 6) is 0. The Hall–Kier alpha value is 1.07. The van der Waals surface area contributed by atoms with Crippen molar-refractivity contribution in [2.24, 2.45) is 0 Å². The molecule has 0 aliphatic rings. The molecule has 1 unspecified atom stereocenters. The van der Waals surface area contributed by atoms with Crippen LogP contribution in [0.15, 0.2) is 0 Å². The van der Waals surface area contributed by atoms with E-state index >= 15 is 0 Å². The van der Waals surface area contributed by atoms with E-state index < -0.39 is 11.4 Å². The standard InChI is InChI=1S/C2H6O3S.Na.H/c1-2-5-6(3)4;;/h2H2,1H3,(H,3,4);;/q;+1;-1. The van der Waals surface area contributed by atoms with Gasteiger partial charge in [-0.2, -0.15) is 4.21 Å². The molecular formula is C2H7NaO3S. The van der Waals surface area contributed by atoms with Gasteiger partial charge in [0, 0.05) is 0 Å². The molecular weight excluding hydrogens is 127 g/mol. The smallest absolute Gasteiger partial charge is 1.00 e. The van der Waals surface area contributed by atoms with E-state index in [1.165, 1.54) is 0 Å². The van der Waals surface area contributed by atoms with Crippen molar-refractivity contribution in [3.63, 3.8) is 0 Å². The van der Waals surface area contributed by atoms with Crippen molar-refractivity contribution >= 4 is 11.4 Å². The van der Waals surface area contributed by atoms with Gasteiger partial charge in [-0.3, -0.25) is 8.74 Å². The Bertz CT molecular complexity index is 61.2. The summed E-state index contributed by atoms with van der Waals surface area (Å²) in [5.41, 5.74) is 0. The minimum absolute atomic E-state index is 0. The van der Waals surface area contributed by atoms with Crippen molar-refractivity contribution in [2.75, 3.05) is 6.61 Å². The molecule has 7 heavy (non-hydrogen) atoms. The van der Waals surface area contributed by atoms with Gasteiger partial charge in [-0.1, -0.05) is 0 Å². The number of hydrogen-bond donors (Lipinski definition) is 1. The first-order valence-electron chi connectivity index (χ1n) is 1.51. The fourth-order valence-corrected chi connectivity index (χ4v) is 0.302. The molecule has 0 aromatic carbocycles. The second-order valence-electron chi connectivity index (χ2n) is 0.624. The summed E-state index contributed by atoms with van der Waals surface area (Å²) in [7, 11) is 0.